The van der Waals surface area contributed by atoms with E-state index >= 15 is 0 Å². The highest BCUT2D eigenvalue weighted by Crippen LogP contribution is 2.17. The molecule has 1 amide bonds. The van der Waals surface area contributed by atoms with Gasteiger partial charge in [-0.25, -0.2) is 5.43 Å². The third-order valence-electron chi connectivity index (χ3n) is 3.50. The molecule has 130 valence electrons. The molecule has 2 aromatic carbocycles. The van der Waals surface area contributed by atoms with Gasteiger partial charge in [-0.15, -0.1) is 0 Å². The number of hydrogen-bond donors (Lipinski definition) is 1. The first-order chi connectivity index (χ1) is 12.7. The molecule has 0 saturated carbocycles. The Bertz CT molecular complexity index is 879. The average Bonchev–Trinajstić information content (AvgIpc) is 2.69. The van der Waals surface area contributed by atoms with Crippen LogP contribution in [-0.4, -0.2) is 17.1 Å². The minimum Gasteiger partial charge on any atom is -0.489 e. The Balaban J connectivity index is 1.52. The molecule has 0 aliphatic heterocycles. The maximum absolute atomic E-state index is 12.1. The molecule has 3 rings (SSSR count). The first-order valence-corrected chi connectivity index (χ1v) is 8.29. The van der Waals surface area contributed by atoms with Crippen LogP contribution in [0.4, 0.5) is 0 Å². The summed E-state index contributed by atoms with van der Waals surface area (Å²) < 4.78 is 5.67. The van der Waals surface area contributed by atoms with Gasteiger partial charge in [0.05, 0.1) is 6.21 Å². The molecule has 0 spiro atoms. The maximum Gasteiger partial charge on any atom is 0.271 e. The number of ether oxygens (including phenoxy) is 1. The summed E-state index contributed by atoms with van der Waals surface area (Å²) in [6.07, 6.45) is 4.87. The second-order valence-electron chi connectivity index (χ2n) is 5.43. The quantitative estimate of drug-likeness (QED) is 0.529. The number of nitrogens with zero attached hydrogens (tertiary/aromatic N) is 2. The molecular weight excluding hydrogens is 350 g/mol. The number of hydrazone groups is 1. The first kappa shape index (κ1) is 17.6. The minimum absolute atomic E-state index is 0.282. The van der Waals surface area contributed by atoms with Gasteiger partial charge in [0.2, 0.25) is 0 Å². The first-order valence-electron chi connectivity index (χ1n) is 7.91. The highest BCUT2D eigenvalue weighted by molar-refractivity contribution is 6.30. The van der Waals surface area contributed by atoms with Gasteiger partial charge in [0.1, 0.15) is 12.4 Å². The van der Waals surface area contributed by atoms with Crippen molar-refractivity contribution in [3.05, 3.63) is 94.8 Å². The number of aromatic nitrogens is 1. The number of carbonyl (C=O) groups excluding carboxylic acids is 1. The van der Waals surface area contributed by atoms with Crippen molar-refractivity contribution in [1.82, 2.24) is 10.4 Å². The fourth-order valence-electron chi connectivity index (χ4n) is 2.13. The van der Waals surface area contributed by atoms with E-state index in [1.165, 1.54) is 0 Å². The van der Waals surface area contributed by atoms with E-state index in [0.29, 0.717) is 17.2 Å². The summed E-state index contributed by atoms with van der Waals surface area (Å²) in [4.78, 5) is 16.0. The molecule has 0 saturated heterocycles. The number of pyridine rings is 1. The standard InChI is InChI=1S/C20H16ClN3O2/c21-18-7-9-19(10-8-18)26-14-15-3-5-17(6-4-15)20(25)24-23-13-16-2-1-11-22-12-16/h1-13H,14H2,(H,24,25)/b23-13+. The summed E-state index contributed by atoms with van der Waals surface area (Å²) in [7, 11) is 0. The number of rotatable bonds is 6. The van der Waals surface area contributed by atoms with E-state index in [4.69, 9.17) is 16.3 Å². The zero-order valence-corrected chi connectivity index (χ0v) is 14.6. The van der Waals surface area contributed by atoms with Crippen molar-refractivity contribution in [2.75, 3.05) is 0 Å². The molecule has 0 aliphatic carbocycles. The average molecular weight is 366 g/mol. The highest BCUT2D eigenvalue weighted by atomic mass is 35.5. The van der Waals surface area contributed by atoms with Crippen molar-refractivity contribution in [2.45, 2.75) is 6.61 Å². The van der Waals surface area contributed by atoms with Crippen molar-refractivity contribution >= 4 is 23.7 Å². The van der Waals surface area contributed by atoms with Crippen molar-refractivity contribution in [2.24, 2.45) is 5.10 Å². The lowest BCUT2D eigenvalue weighted by Gasteiger charge is -2.07. The summed E-state index contributed by atoms with van der Waals surface area (Å²) in [5, 5.41) is 4.59. The maximum atomic E-state index is 12.1. The zero-order valence-electron chi connectivity index (χ0n) is 13.8. The number of benzene rings is 2. The van der Waals surface area contributed by atoms with Gasteiger partial charge in [-0.3, -0.25) is 9.78 Å². The molecule has 3 aromatic rings. The molecule has 0 atom stereocenters. The Morgan fingerprint density at radius 3 is 2.58 bits per heavy atom. The van der Waals surface area contributed by atoms with Crippen LogP contribution >= 0.6 is 11.6 Å². The van der Waals surface area contributed by atoms with Crippen LogP contribution in [0.1, 0.15) is 21.5 Å². The number of amides is 1. The Kier molecular flexibility index (Phi) is 5.96. The van der Waals surface area contributed by atoms with E-state index < -0.39 is 0 Å². The summed E-state index contributed by atoms with van der Waals surface area (Å²) in [6, 6.07) is 18.0. The SMILES string of the molecule is O=C(N/N=C/c1cccnc1)c1ccc(COc2ccc(Cl)cc2)cc1. The van der Waals surface area contributed by atoms with Crippen molar-refractivity contribution < 1.29 is 9.53 Å². The van der Waals surface area contributed by atoms with Gasteiger partial charge in [-0.2, -0.15) is 5.10 Å². The van der Waals surface area contributed by atoms with Crippen LogP contribution in [0, 0.1) is 0 Å². The lowest BCUT2D eigenvalue weighted by atomic mass is 10.1. The summed E-state index contributed by atoms with van der Waals surface area (Å²) in [5.41, 5.74) is 4.77. The van der Waals surface area contributed by atoms with Crippen molar-refractivity contribution in [3.63, 3.8) is 0 Å². The molecule has 1 N–H and O–H groups in total. The topological polar surface area (TPSA) is 63.6 Å². The third-order valence-corrected chi connectivity index (χ3v) is 3.75. The van der Waals surface area contributed by atoms with Crippen LogP contribution in [0.2, 0.25) is 5.02 Å². The van der Waals surface area contributed by atoms with Crippen LogP contribution in [0.3, 0.4) is 0 Å². The Morgan fingerprint density at radius 1 is 1.12 bits per heavy atom. The van der Waals surface area contributed by atoms with E-state index in [1.807, 2.05) is 30.3 Å². The molecule has 0 radical (unpaired) electrons. The highest BCUT2D eigenvalue weighted by Gasteiger charge is 2.04. The predicted octanol–water partition coefficient (Wildman–Crippen LogP) is 4.08. The van der Waals surface area contributed by atoms with Gasteiger partial charge in [-0.1, -0.05) is 29.8 Å². The second-order valence-corrected chi connectivity index (χ2v) is 5.86. The smallest absolute Gasteiger partial charge is 0.271 e. The van der Waals surface area contributed by atoms with Gasteiger partial charge in [0, 0.05) is 28.5 Å². The summed E-state index contributed by atoms with van der Waals surface area (Å²) >= 11 is 5.84. The van der Waals surface area contributed by atoms with Crippen molar-refractivity contribution in [3.8, 4) is 5.75 Å². The Hall–Kier alpha value is -3.18. The summed E-state index contributed by atoms with van der Waals surface area (Å²) in [5.74, 6) is 0.455. The van der Waals surface area contributed by atoms with Gasteiger partial charge < -0.3 is 4.74 Å². The third kappa shape index (κ3) is 5.16. The van der Waals surface area contributed by atoms with Crippen LogP contribution in [-0.2, 0) is 6.61 Å². The monoisotopic (exact) mass is 365 g/mol. The minimum atomic E-state index is -0.282. The Labute approximate surface area is 156 Å². The van der Waals surface area contributed by atoms with Gasteiger partial charge in [-0.05, 0) is 48.0 Å². The van der Waals surface area contributed by atoms with Crippen LogP contribution in [0.15, 0.2) is 78.2 Å². The van der Waals surface area contributed by atoms with E-state index in [1.54, 1.807) is 48.9 Å². The Morgan fingerprint density at radius 2 is 1.88 bits per heavy atom. The molecule has 6 heteroatoms. The molecular formula is C20H16ClN3O2. The van der Waals surface area contributed by atoms with Gasteiger partial charge in [0.25, 0.3) is 5.91 Å². The van der Waals surface area contributed by atoms with Crippen LogP contribution in [0.5, 0.6) is 5.75 Å². The molecule has 0 bridgehead atoms. The predicted molar refractivity (Wildman–Crippen MR) is 102 cm³/mol. The number of nitrogens with one attached hydrogen (secondary N) is 1. The molecule has 5 nitrogen and oxygen atoms in total. The fraction of sp³-hybridized carbons (Fsp3) is 0.0500. The second kappa shape index (κ2) is 8.78. The normalized spacial score (nSPS) is 10.7. The van der Waals surface area contributed by atoms with Gasteiger partial charge >= 0.3 is 0 Å². The van der Waals surface area contributed by atoms with E-state index in [0.717, 1.165) is 16.9 Å². The van der Waals surface area contributed by atoms with E-state index in [-0.39, 0.29) is 5.91 Å². The largest absolute Gasteiger partial charge is 0.489 e. The fourth-order valence-corrected chi connectivity index (χ4v) is 2.26. The molecule has 0 fully saturated rings. The zero-order chi connectivity index (χ0) is 18.2. The molecule has 0 aliphatic rings. The van der Waals surface area contributed by atoms with Crippen LogP contribution in [0.25, 0.3) is 0 Å². The van der Waals surface area contributed by atoms with E-state index in [2.05, 4.69) is 15.5 Å². The van der Waals surface area contributed by atoms with Crippen LogP contribution < -0.4 is 10.2 Å². The molecule has 1 aromatic heterocycles. The van der Waals surface area contributed by atoms with E-state index in [9.17, 15) is 4.79 Å². The van der Waals surface area contributed by atoms with Crippen molar-refractivity contribution in [1.29, 1.82) is 0 Å². The molecule has 0 unspecified atom stereocenters. The lowest BCUT2D eigenvalue weighted by Crippen LogP contribution is -2.17. The summed E-state index contributed by atoms with van der Waals surface area (Å²) in [6.45, 7) is 0.405. The number of halogens is 1. The molecule has 1 heterocycles. The lowest BCUT2D eigenvalue weighted by molar-refractivity contribution is 0.0955. The molecule has 26 heavy (non-hydrogen) atoms. The number of hydrogen-bond acceptors (Lipinski definition) is 4. The number of carbonyl (C=O) groups is 1. The van der Waals surface area contributed by atoms with Gasteiger partial charge in [0.15, 0.2) is 0 Å².